The van der Waals surface area contributed by atoms with Crippen LogP contribution in [0.25, 0.3) is 0 Å². The van der Waals surface area contributed by atoms with Crippen molar-refractivity contribution in [2.45, 2.75) is 25.9 Å². The maximum atomic E-state index is 13.0. The fourth-order valence-corrected chi connectivity index (χ4v) is 2.99. The average molecular weight is 332 g/mol. The third-order valence-corrected chi connectivity index (χ3v) is 4.56. The summed E-state index contributed by atoms with van der Waals surface area (Å²) < 4.78 is 0. The molecule has 1 aliphatic rings. The Morgan fingerprint density at radius 1 is 1.25 bits per heavy atom. The number of nitrogens with zero attached hydrogens (tertiary/aromatic N) is 3. The lowest BCUT2D eigenvalue weighted by Crippen LogP contribution is -2.61. The Bertz CT molecular complexity index is 600. The zero-order valence-electron chi connectivity index (χ0n) is 15.2. The van der Waals surface area contributed by atoms with Crippen molar-refractivity contribution < 1.29 is 9.59 Å². The van der Waals surface area contributed by atoms with Gasteiger partial charge < -0.3 is 15.1 Å². The molecular formula is C18H28N4O2. The molecule has 132 valence electrons. The summed E-state index contributed by atoms with van der Waals surface area (Å²) in [7, 11) is 5.50. The van der Waals surface area contributed by atoms with Crippen LogP contribution >= 0.6 is 0 Å². The molecule has 2 rings (SSSR count). The molecule has 1 aliphatic heterocycles. The number of benzene rings is 1. The van der Waals surface area contributed by atoms with Crippen molar-refractivity contribution in [2.75, 3.05) is 45.7 Å². The maximum Gasteiger partial charge on any atom is 0.254 e. The molecule has 0 bridgehead atoms. The zero-order chi connectivity index (χ0) is 17.9. The third-order valence-electron chi connectivity index (χ3n) is 4.56. The lowest BCUT2D eigenvalue weighted by molar-refractivity contribution is -0.127. The normalized spacial score (nSPS) is 18.6. The number of hydrogen-bond donors (Lipinski definition) is 1. The molecule has 0 spiro atoms. The smallest absolute Gasteiger partial charge is 0.254 e. The largest absolute Gasteiger partial charge is 0.378 e. The predicted octanol–water partition coefficient (Wildman–Crippen LogP) is 1.03. The SMILES string of the molecule is CNC(=O)[C@H]1CN(C(C)C)CCN1C(=O)c1cccc(N(C)C)c1. The summed E-state index contributed by atoms with van der Waals surface area (Å²) in [5.41, 5.74) is 1.59. The van der Waals surface area contributed by atoms with Crippen LogP contribution in [0.5, 0.6) is 0 Å². The molecular weight excluding hydrogens is 304 g/mol. The first-order valence-electron chi connectivity index (χ1n) is 8.39. The molecule has 2 amide bonds. The van der Waals surface area contributed by atoms with E-state index in [4.69, 9.17) is 0 Å². The van der Waals surface area contributed by atoms with Crippen molar-refractivity contribution in [3.63, 3.8) is 0 Å². The number of carbonyl (C=O) groups is 2. The van der Waals surface area contributed by atoms with Crippen LogP contribution in [0.3, 0.4) is 0 Å². The van der Waals surface area contributed by atoms with Gasteiger partial charge in [0.05, 0.1) is 0 Å². The number of hydrogen-bond acceptors (Lipinski definition) is 4. The van der Waals surface area contributed by atoms with Gasteiger partial charge in [-0.05, 0) is 32.0 Å². The molecule has 0 radical (unpaired) electrons. The van der Waals surface area contributed by atoms with Crippen molar-refractivity contribution in [3.05, 3.63) is 29.8 Å². The van der Waals surface area contributed by atoms with E-state index in [0.29, 0.717) is 24.7 Å². The number of likely N-dealkylation sites (N-methyl/N-ethyl adjacent to an activating group) is 1. The van der Waals surface area contributed by atoms with Gasteiger partial charge >= 0.3 is 0 Å². The Morgan fingerprint density at radius 3 is 2.54 bits per heavy atom. The van der Waals surface area contributed by atoms with E-state index in [2.05, 4.69) is 24.1 Å². The second-order valence-corrected chi connectivity index (χ2v) is 6.66. The standard InChI is InChI=1S/C18H28N4O2/c1-13(2)21-9-10-22(16(12-21)17(23)19-3)18(24)14-7-6-8-15(11-14)20(4)5/h6-8,11,13,16H,9-10,12H2,1-5H3,(H,19,23)/t16-/m1/s1. The van der Waals surface area contributed by atoms with Gasteiger partial charge in [-0.25, -0.2) is 0 Å². The summed E-state index contributed by atoms with van der Waals surface area (Å²) in [6, 6.07) is 7.42. The molecule has 1 saturated heterocycles. The lowest BCUT2D eigenvalue weighted by atomic mass is 10.1. The van der Waals surface area contributed by atoms with Crippen LogP contribution in [-0.4, -0.2) is 74.5 Å². The first kappa shape index (κ1) is 18.3. The summed E-state index contributed by atoms with van der Waals surface area (Å²) >= 11 is 0. The molecule has 6 nitrogen and oxygen atoms in total. The Labute approximate surface area is 144 Å². The molecule has 1 heterocycles. The minimum absolute atomic E-state index is 0.0873. The molecule has 0 aromatic heterocycles. The van der Waals surface area contributed by atoms with Gasteiger partial charge in [0.2, 0.25) is 5.91 Å². The van der Waals surface area contributed by atoms with E-state index in [1.54, 1.807) is 11.9 Å². The van der Waals surface area contributed by atoms with Gasteiger partial charge in [0.15, 0.2) is 0 Å². The van der Waals surface area contributed by atoms with E-state index < -0.39 is 6.04 Å². The van der Waals surface area contributed by atoms with Gasteiger partial charge in [0.1, 0.15) is 6.04 Å². The highest BCUT2D eigenvalue weighted by molar-refractivity contribution is 5.98. The highest BCUT2D eigenvalue weighted by Gasteiger charge is 2.36. The second-order valence-electron chi connectivity index (χ2n) is 6.66. The number of anilines is 1. The quantitative estimate of drug-likeness (QED) is 0.895. The van der Waals surface area contributed by atoms with E-state index >= 15 is 0 Å². The number of carbonyl (C=O) groups excluding carboxylic acids is 2. The van der Waals surface area contributed by atoms with Crippen LogP contribution < -0.4 is 10.2 Å². The van der Waals surface area contributed by atoms with E-state index in [9.17, 15) is 9.59 Å². The average Bonchev–Trinajstić information content (AvgIpc) is 2.59. The van der Waals surface area contributed by atoms with Gasteiger partial charge in [0.25, 0.3) is 5.91 Å². The van der Waals surface area contributed by atoms with E-state index in [1.807, 2.05) is 43.3 Å². The highest BCUT2D eigenvalue weighted by Crippen LogP contribution is 2.19. The van der Waals surface area contributed by atoms with Crippen LogP contribution in [0.2, 0.25) is 0 Å². The Morgan fingerprint density at radius 2 is 1.96 bits per heavy atom. The van der Waals surface area contributed by atoms with Crippen molar-refractivity contribution >= 4 is 17.5 Å². The van der Waals surface area contributed by atoms with Crippen LogP contribution in [0.15, 0.2) is 24.3 Å². The number of piperazine rings is 1. The summed E-state index contributed by atoms with van der Waals surface area (Å²) in [6.45, 7) is 6.12. The molecule has 6 heteroatoms. The Kier molecular flexibility index (Phi) is 5.83. The molecule has 1 fully saturated rings. The Hall–Kier alpha value is -2.08. The van der Waals surface area contributed by atoms with Crippen LogP contribution in [0, 0.1) is 0 Å². The maximum absolute atomic E-state index is 13.0. The van der Waals surface area contributed by atoms with Crippen molar-refractivity contribution in [1.82, 2.24) is 15.1 Å². The van der Waals surface area contributed by atoms with Crippen LogP contribution in [0.4, 0.5) is 5.69 Å². The minimum Gasteiger partial charge on any atom is -0.378 e. The molecule has 1 aromatic rings. The first-order chi connectivity index (χ1) is 11.3. The molecule has 1 atom stereocenters. The van der Waals surface area contributed by atoms with Gasteiger partial charge in [-0.2, -0.15) is 0 Å². The molecule has 24 heavy (non-hydrogen) atoms. The second kappa shape index (κ2) is 7.66. The van der Waals surface area contributed by atoms with Crippen molar-refractivity contribution in [3.8, 4) is 0 Å². The van der Waals surface area contributed by atoms with E-state index in [-0.39, 0.29) is 11.8 Å². The molecule has 0 saturated carbocycles. The highest BCUT2D eigenvalue weighted by atomic mass is 16.2. The monoisotopic (exact) mass is 332 g/mol. The molecule has 1 aromatic carbocycles. The fraction of sp³-hybridized carbons (Fsp3) is 0.556. The van der Waals surface area contributed by atoms with Crippen molar-refractivity contribution in [2.24, 2.45) is 0 Å². The molecule has 0 unspecified atom stereocenters. The topological polar surface area (TPSA) is 55.9 Å². The minimum atomic E-state index is -0.457. The number of nitrogens with one attached hydrogen (secondary N) is 1. The van der Waals surface area contributed by atoms with E-state index in [0.717, 1.165) is 12.2 Å². The lowest BCUT2D eigenvalue weighted by Gasteiger charge is -2.42. The van der Waals surface area contributed by atoms with Gasteiger partial charge in [0, 0.05) is 58.1 Å². The predicted molar refractivity (Wildman–Crippen MR) is 96.4 cm³/mol. The summed E-state index contributed by atoms with van der Waals surface area (Å²) in [4.78, 5) is 31.2. The summed E-state index contributed by atoms with van der Waals surface area (Å²) in [5, 5.41) is 2.69. The third kappa shape index (κ3) is 3.87. The first-order valence-corrected chi connectivity index (χ1v) is 8.39. The zero-order valence-corrected chi connectivity index (χ0v) is 15.2. The van der Waals surface area contributed by atoms with Gasteiger partial charge in [-0.3, -0.25) is 14.5 Å². The van der Waals surface area contributed by atoms with E-state index in [1.165, 1.54) is 0 Å². The van der Waals surface area contributed by atoms with Gasteiger partial charge in [-0.15, -0.1) is 0 Å². The van der Waals surface area contributed by atoms with Crippen molar-refractivity contribution in [1.29, 1.82) is 0 Å². The Balaban J connectivity index is 2.26. The fourth-order valence-electron chi connectivity index (χ4n) is 2.99. The molecule has 0 aliphatic carbocycles. The van der Waals surface area contributed by atoms with Crippen LogP contribution in [0.1, 0.15) is 24.2 Å². The summed E-state index contributed by atoms with van der Waals surface area (Å²) in [5.74, 6) is -0.201. The number of rotatable bonds is 4. The van der Waals surface area contributed by atoms with Crippen LogP contribution in [-0.2, 0) is 4.79 Å². The summed E-state index contributed by atoms with van der Waals surface area (Å²) in [6.07, 6.45) is 0. The number of amides is 2. The van der Waals surface area contributed by atoms with Gasteiger partial charge in [-0.1, -0.05) is 6.07 Å². The molecule has 1 N–H and O–H groups in total.